The molecule has 0 aromatic heterocycles. The second-order valence-corrected chi connectivity index (χ2v) is 3.93. The third-order valence-corrected chi connectivity index (χ3v) is 2.60. The van der Waals surface area contributed by atoms with Gasteiger partial charge in [-0.3, -0.25) is 4.79 Å². The van der Waals surface area contributed by atoms with Gasteiger partial charge < -0.3 is 9.47 Å². The molecule has 0 saturated heterocycles. The Morgan fingerprint density at radius 1 is 1.18 bits per heavy atom. The van der Waals surface area contributed by atoms with Gasteiger partial charge in [0, 0.05) is 11.6 Å². The maximum absolute atomic E-state index is 11.8. The van der Waals surface area contributed by atoms with E-state index in [0.717, 1.165) is 6.08 Å². The van der Waals surface area contributed by atoms with Gasteiger partial charge in [0.15, 0.2) is 5.78 Å². The third kappa shape index (κ3) is 3.71. The van der Waals surface area contributed by atoms with Crippen LogP contribution in [-0.4, -0.2) is 26.0 Å². The number of hydrogen-bond acceptors (Lipinski definition) is 4. The van der Waals surface area contributed by atoms with Gasteiger partial charge in [0.25, 0.3) is 0 Å². The summed E-state index contributed by atoms with van der Waals surface area (Å²) in [6.45, 7) is 0. The number of esters is 1. The zero-order valence-corrected chi connectivity index (χ0v) is 11.0. The molecule has 0 amide bonds. The molecule has 0 aliphatic carbocycles. The van der Waals surface area contributed by atoms with Crippen LogP contribution in [0.15, 0.2) is 34.8 Å². The zero-order chi connectivity index (χ0) is 12.8. The summed E-state index contributed by atoms with van der Waals surface area (Å²) in [6, 6.07) is 6.58. The molecule has 90 valence electrons. The van der Waals surface area contributed by atoms with Gasteiger partial charge in [-0.2, -0.15) is 0 Å². The van der Waals surface area contributed by atoms with Gasteiger partial charge in [-0.1, -0.05) is 0 Å². The average Bonchev–Trinajstić information content (AvgIpc) is 2.37. The van der Waals surface area contributed by atoms with E-state index in [1.165, 1.54) is 7.11 Å². The lowest BCUT2D eigenvalue weighted by molar-refractivity contribution is -0.134. The molecule has 0 unspecified atom stereocenters. The van der Waals surface area contributed by atoms with Crippen LogP contribution in [0, 0.1) is 0 Å². The molecule has 17 heavy (non-hydrogen) atoms. The van der Waals surface area contributed by atoms with Crippen molar-refractivity contribution in [2.24, 2.45) is 0 Å². The monoisotopic (exact) mass is 298 g/mol. The Bertz CT molecular complexity index is 448. The number of methoxy groups -OCH3 is 2. The van der Waals surface area contributed by atoms with Gasteiger partial charge in [0.05, 0.1) is 18.7 Å². The second kappa shape index (κ2) is 6.20. The third-order valence-electron chi connectivity index (χ3n) is 2.01. The van der Waals surface area contributed by atoms with Crippen LogP contribution in [0.3, 0.4) is 0 Å². The molecule has 0 N–H and O–H groups in total. The molecule has 1 aromatic rings. The van der Waals surface area contributed by atoms with Crippen molar-refractivity contribution in [2.45, 2.75) is 0 Å². The van der Waals surface area contributed by atoms with Gasteiger partial charge >= 0.3 is 5.97 Å². The van der Waals surface area contributed by atoms with E-state index >= 15 is 0 Å². The molecule has 1 rings (SSSR count). The van der Waals surface area contributed by atoms with Crippen molar-refractivity contribution in [3.05, 3.63) is 40.4 Å². The van der Waals surface area contributed by atoms with E-state index < -0.39 is 5.97 Å². The highest BCUT2D eigenvalue weighted by molar-refractivity contribution is 9.12. The van der Waals surface area contributed by atoms with Crippen molar-refractivity contribution in [1.29, 1.82) is 0 Å². The maximum Gasteiger partial charge on any atom is 0.331 e. The van der Waals surface area contributed by atoms with E-state index in [1.54, 1.807) is 31.4 Å². The van der Waals surface area contributed by atoms with Crippen molar-refractivity contribution in [3.8, 4) is 5.75 Å². The Morgan fingerprint density at radius 2 is 1.76 bits per heavy atom. The SMILES string of the molecule is COC(=O)C=C(Br)C(=O)c1ccc(OC)cc1. The van der Waals surface area contributed by atoms with E-state index in [2.05, 4.69) is 20.7 Å². The fraction of sp³-hybridized carbons (Fsp3) is 0.167. The minimum Gasteiger partial charge on any atom is -0.497 e. The summed E-state index contributed by atoms with van der Waals surface area (Å²) in [5.74, 6) is -0.216. The van der Waals surface area contributed by atoms with Crippen LogP contribution in [0.1, 0.15) is 10.4 Å². The van der Waals surface area contributed by atoms with Crippen LogP contribution in [0.4, 0.5) is 0 Å². The molecule has 0 bridgehead atoms. The largest absolute Gasteiger partial charge is 0.497 e. The van der Waals surface area contributed by atoms with E-state index in [4.69, 9.17) is 4.74 Å². The summed E-state index contributed by atoms with van der Waals surface area (Å²) >= 11 is 3.04. The molecule has 0 atom stereocenters. The molecule has 0 aliphatic rings. The van der Waals surface area contributed by atoms with Gasteiger partial charge in [-0.05, 0) is 40.2 Å². The van der Waals surface area contributed by atoms with Crippen molar-refractivity contribution < 1.29 is 19.1 Å². The number of halogens is 1. The Labute approximate surface area is 107 Å². The van der Waals surface area contributed by atoms with Crippen molar-refractivity contribution in [2.75, 3.05) is 14.2 Å². The molecular formula is C12H11BrO4. The fourth-order valence-electron chi connectivity index (χ4n) is 1.11. The molecule has 5 heteroatoms. The number of allylic oxidation sites excluding steroid dienone is 1. The Morgan fingerprint density at radius 3 is 2.24 bits per heavy atom. The Kier molecular flexibility index (Phi) is 4.90. The maximum atomic E-state index is 11.8. The van der Waals surface area contributed by atoms with E-state index in [9.17, 15) is 9.59 Å². The minimum atomic E-state index is -0.585. The molecule has 1 aromatic carbocycles. The number of hydrogen-bond donors (Lipinski definition) is 0. The Balaban J connectivity index is 2.88. The molecule has 0 heterocycles. The highest BCUT2D eigenvalue weighted by Crippen LogP contribution is 2.17. The number of Topliss-reactive ketones (excluding diaryl/α,β-unsaturated/α-hetero) is 1. The highest BCUT2D eigenvalue weighted by Gasteiger charge is 2.11. The predicted molar refractivity (Wildman–Crippen MR) is 66.4 cm³/mol. The molecule has 0 aliphatic heterocycles. The van der Waals surface area contributed by atoms with Crippen LogP contribution >= 0.6 is 15.9 Å². The summed E-state index contributed by atoms with van der Waals surface area (Å²) in [5, 5.41) is 0. The Hall–Kier alpha value is -1.62. The summed E-state index contributed by atoms with van der Waals surface area (Å²) in [4.78, 5) is 22.8. The summed E-state index contributed by atoms with van der Waals surface area (Å²) in [7, 11) is 2.79. The lowest BCUT2D eigenvalue weighted by atomic mass is 10.1. The topological polar surface area (TPSA) is 52.6 Å². The van der Waals surface area contributed by atoms with E-state index in [1.807, 2.05) is 0 Å². The number of ketones is 1. The first-order valence-electron chi connectivity index (χ1n) is 4.72. The van der Waals surface area contributed by atoms with Crippen molar-refractivity contribution in [1.82, 2.24) is 0 Å². The normalized spacial score (nSPS) is 10.9. The fourth-order valence-corrected chi connectivity index (χ4v) is 1.52. The lowest BCUT2D eigenvalue weighted by Crippen LogP contribution is -2.03. The van der Waals surface area contributed by atoms with Crippen molar-refractivity contribution in [3.63, 3.8) is 0 Å². The standard InChI is InChI=1S/C12H11BrO4/c1-16-9-5-3-8(4-6-9)12(15)10(13)7-11(14)17-2/h3-7H,1-2H3. The molecule has 0 saturated carbocycles. The smallest absolute Gasteiger partial charge is 0.331 e. The molecule has 0 spiro atoms. The highest BCUT2D eigenvalue weighted by atomic mass is 79.9. The molecule has 4 nitrogen and oxygen atoms in total. The lowest BCUT2D eigenvalue weighted by Gasteiger charge is -2.02. The molecule has 0 fully saturated rings. The summed E-state index contributed by atoms with van der Waals surface area (Å²) in [6.07, 6.45) is 1.09. The average molecular weight is 299 g/mol. The van der Waals surface area contributed by atoms with Crippen LogP contribution in [0.5, 0.6) is 5.75 Å². The second-order valence-electron chi connectivity index (χ2n) is 3.07. The predicted octanol–water partition coefficient (Wildman–Crippen LogP) is 2.33. The molecular weight excluding hydrogens is 288 g/mol. The van der Waals surface area contributed by atoms with E-state index in [0.29, 0.717) is 11.3 Å². The van der Waals surface area contributed by atoms with Crippen LogP contribution in [-0.2, 0) is 9.53 Å². The number of benzene rings is 1. The van der Waals surface area contributed by atoms with Crippen molar-refractivity contribution >= 4 is 27.7 Å². The van der Waals surface area contributed by atoms with Gasteiger partial charge in [0.2, 0.25) is 0 Å². The first-order valence-corrected chi connectivity index (χ1v) is 5.51. The first kappa shape index (κ1) is 13.4. The number of carbonyl (C=O) groups excluding carboxylic acids is 2. The van der Waals surface area contributed by atoms with Crippen LogP contribution < -0.4 is 4.74 Å². The molecule has 0 radical (unpaired) electrons. The van der Waals surface area contributed by atoms with E-state index in [-0.39, 0.29) is 10.3 Å². The van der Waals surface area contributed by atoms with Gasteiger partial charge in [0.1, 0.15) is 5.75 Å². The number of rotatable bonds is 4. The number of ether oxygens (including phenoxy) is 2. The van der Waals surface area contributed by atoms with Gasteiger partial charge in [-0.25, -0.2) is 4.79 Å². The summed E-state index contributed by atoms with van der Waals surface area (Å²) < 4.78 is 9.55. The van der Waals surface area contributed by atoms with Gasteiger partial charge in [-0.15, -0.1) is 0 Å². The van der Waals surface area contributed by atoms with Crippen LogP contribution in [0.2, 0.25) is 0 Å². The first-order chi connectivity index (χ1) is 8.08. The minimum absolute atomic E-state index is 0.148. The quantitative estimate of drug-likeness (QED) is 0.486. The van der Waals surface area contributed by atoms with Crippen LogP contribution in [0.25, 0.3) is 0 Å². The zero-order valence-electron chi connectivity index (χ0n) is 9.40. The number of carbonyl (C=O) groups is 2. The summed E-state index contributed by atoms with van der Waals surface area (Å²) in [5.41, 5.74) is 0.456.